The van der Waals surface area contributed by atoms with Crippen LogP contribution in [0.25, 0.3) is 0 Å². The Labute approximate surface area is 167 Å². The van der Waals surface area contributed by atoms with Gasteiger partial charge < -0.3 is 9.64 Å². The van der Waals surface area contributed by atoms with Crippen molar-refractivity contribution in [2.45, 2.75) is 17.0 Å². The number of tetrazole rings is 1. The number of aromatic nitrogens is 4. The first-order chi connectivity index (χ1) is 13.8. The molecule has 1 aliphatic heterocycles. The van der Waals surface area contributed by atoms with E-state index in [2.05, 4.69) is 15.5 Å². The van der Waals surface area contributed by atoms with Gasteiger partial charge in [-0.05, 0) is 21.6 Å². The van der Waals surface area contributed by atoms with Crippen molar-refractivity contribution in [3.05, 3.63) is 71.8 Å². The summed E-state index contributed by atoms with van der Waals surface area (Å²) in [5.74, 6) is 0.0637. The summed E-state index contributed by atoms with van der Waals surface area (Å²) in [5, 5.41) is 12.3. The highest BCUT2D eigenvalue weighted by Gasteiger charge is 2.30. The second kappa shape index (κ2) is 8.99. The summed E-state index contributed by atoms with van der Waals surface area (Å²) >= 11 is 1.39. The van der Waals surface area contributed by atoms with Crippen LogP contribution in [0.1, 0.15) is 16.4 Å². The maximum atomic E-state index is 13.3. The predicted molar refractivity (Wildman–Crippen MR) is 106 cm³/mol. The molecule has 7 nitrogen and oxygen atoms in total. The molecule has 1 atom stereocenters. The number of rotatable bonds is 6. The highest BCUT2D eigenvalue weighted by Crippen LogP contribution is 2.35. The molecule has 0 N–H and O–H groups in total. The number of hydrogen-bond acceptors (Lipinski definition) is 6. The number of amides is 1. The maximum Gasteiger partial charge on any atom is 0.240 e. The lowest BCUT2D eigenvalue weighted by Gasteiger charge is -2.30. The Kier molecular flexibility index (Phi) is 5.98. The molecule has 144 valence electrons. The van der Waals surface area contributed by atoms with Gasteiger partial charge in [-0.2, -0.15) is 0 Å². The molecule has 1 aromatic heterocycles. The van der Waals surface area contributed by atoms with Crippen molar-refractivity contribution < 1.29 is 9.53 Å². The first-order valence-electron chi connectivity index (χ1n) is 9.19. The van der Waals surface area contributed by atoms with Crippen molar-refractivity contribution in [3.8, 4) is 0 Å². The summed E-state index contributed by atoms with van der Waals surface area (Å²) in [6.07, 6.45) is 0. The van der Waals surface area contributed by atoms with Gasteiger partial charge in [-0.1, -0.05) is 72.4 Å². The third-order valence-electron chi connectivity index (χ3n) is 4.55. The highest BCUT2D eigenvalue weighted by molar-refractivity contribution is 8.00. The van der Waals surface area contributed by atoms with E-state index in [9.17, 15) is 4.79 Å². The molecule has 0 aliphatic carbocycles. The zero-order chi connectivity index (χ0) is 19.2. The first kappa shape index (κ1) is 18.6. The van der Waals surface area contributed by atoms with E-state index in [0.29, 0.717) is 38.0 Å². The molecular weight excluding hydrogens is 374 g/mol. The maximum absolute atomic E-state index is 13.3. The largest absolute Gasteiger partial charge is 0.378 e. The van der Waals surface area contributed by atoms with Crippen LogP contribution in [0.5, 0.6) is 0 Å². The van der Waals surface area contributed by atoms with E-state index in [4.69, 9.17) is 4.74 Å². The van der Waals surface area contributed by atoms with Crippen LogP contribution in [0.3, 0.4) is 0 Å². The zero-order valence-electron chi connectivity index (χ0n) is 15.3. The van der Waals surface area contributed by atoms with Gasteiger partial charge in [0.25, 0.3) is 0 Å². The molecule has 2 heterocycles. The fraction of sp³-hybridized carbons (Fsp3) is 0.300. The average Bonchev–Trinajstić information content (AvgIpc) is 3.20. The lowest BCUT2D eigenvalue weighted by atomic mass is 10.1. The molecule has 0 saturated carbocycles. The number of hydrogen-bond donors (Lipinski definition) is 0. The molecule has 4 rings (SSSR count). The van der Waals surface area contributed by atoms with E-state index in [-0.39, 0.29) is 5.91 Å². The van der Waals surface area contributed by atoms with Gasteiger partial charge in [-0.15, -0.1) is 5.10 Å². The normalized spacial score (nSPS) is 15.4. The third kappa shape index (κ3) is 4.40. The highest BCUT2D eigenvalue weighted by atomic mass is 32.2. The van der Waals surface area contributed by atoms with E-state index in [1.54, 1.807) is 4.68 Å². The van der Waals surface area contributed by atoms with Crippen LogP contribution < -0.4 is 0 Å². The van der Waals surface area contributed by atoms with Crippen LogP contribution in [0.4, 0.5) is 0 Å². The van der Waals surface area contributed by atoms with Gasteiger partial charge >= 0.3 is 0 Å². The molecule has 1 fully saturated rings. The second-order valence-electron chi connectivity index (χ2n) is 6.45. The SMILES string of the molecule is O=C(C(Sc1nnnn1Cc1ccccc1)c1ccccc1)N1CCOCC1. The van der Waals surface area contributed by atoms with Crippen LogP contribution in [-0.4, -0.2) is 57.3 Å². The molecule has 3 aromatic rings. The Morgan fingerprint density at radius 1 is 1.04 bits per heavy atom. The number of nitrogens with zero attached hydrogens (tertiary/aromatic N) is 5. The number of ether oxygens (including phenoxy) is 1. The van der Waals surface area contributed by atoms with E-state index in [1.807, 2.05) is 65.6 Å². The van der Waals surface area contributed by atoms with Crippen LogP contribution in [0.15, 0.2) is 65.8 Å². The molecule has 0 spiro atoms. The van der Waals surface area contributed by atoms with Gasteiger partial charge in [-0.3, -0.25) is 4.79 Å². The minimum absolute atomic E-state index is 0.0637. The molecule has 0 radical (unpaired) electrons. The Balaban J connectivity index is 1.58. The predicted octanol–water partition coefficient (Wildman–Crippen LogP) is 2.41. The third-order valence-corrected chi connectivity index (χ3v) is 5.76. The number of carbonyl (C=O) groups excluding carboxylic acids is 1. The van der Waals surface area contributed by atoms with Gasteiger partial charge in [0.15, 0.2) is 0 Å². The summed E-state index contributed by atoms with van der Waals surface area (Å²) in [4.78, 5) is 15.1. The Hall–Kier alpha value is -2.71. The summed E-state index contributed by atoms with van der Waals surface area (Å²) in [7, 11) is 0. The Morgan fingerprint density at radius 3 is 2.43 bits per heavy atom. The summed E-state index contributed by atoms with van der Waals surface area (Å²) in [6.45, 7) is 2.92. The second-order valence-corrected chi connectivity index (χ2v) is 7.52. The quantitative estimate of drug-likeness (QED) is 0.597. The first-order valence-corrected chi connectivity index (χ1v) is 10.1. The monoisotopic (exact) mass is 395 g/mol. The number of benzene rings is 2. The average molecular weight is 395 g/mol. The minimum atomic E-state index is -0.403. The van der Waals surface area contributed by atoms with Gasteiger partial charge in [0.2, 0.25) is 11.1 Å². The van der Waals surface area contributed by atoms with Gasteiger partial charge in [0.05, 0.1) is 19.8 Å². The summed E-state index contributed by atoms with van der Waals surface area (Å²) in [5.41, 5.74) is 2.05. The van der Waals surface area contributed by atoms with E-state index in [0.717, 1.165) is 11.1 Å². The molecule has 0 bridgehead atoms. The van der Waals surface area contributed by atoms with Crippen LogP contribution in [-0.2, 0) is 16.1 Å². The number of morpholine rings is 1. The van der Waals surface area contributed by atoms with Crippen molar-refractivity contribution in [1.82, 2.24) is 25.1 Å². The van der Waals surface area contributed by atoms with Crippen molar-refractivity contribution in [1.29, 1.82) is 0 Å². The van der Waals surface area contributed by atoms with Crippen LogP contribution >= 0.6 is 11.8 Å². The van der Waals surface area contributed by atoms with E-state index in [1.165, 1.54) is 11.8 Å². The lowest BCUT2D eigenvalue weighted by Crippen LogP contribution is -2.42. The van der Waals surface area contributed by atoms with Gasteiger partial charge in [0, 0.05) is 13.1 Å². The van der Waals surface area contributed by atoms with Crippen molar-refractivity contribution in [2.75, 3.05) is 26.3 Å². The summed E-state index contributed by atoms with van der Waals surface area (Å²) in [6, 6.07) is 19.8. The fourth-order valence-corrected chi connectivity index (χ4v) is 4.14. The molecule has 2 aromatic carbocycles. The number of thioether (sulfide) groups is 1. The standard InChI is InChI=1S/C20H21N5O2S/c26-19(24-11-13-27-14-12-24)18(17-9-5-2-6-10-17)28-20-21-22-23-25(20)15-16-7-3-1-4-8-16/h1-10,18H,11-15H2. The molecule has 1 saturated heterocycles. The van der Waals surface area contributed by atoms with Crippen LogP contribution in [0, 0.1) is 0 Å². The lowest BCUT2D eigenvalue weighted by molar-refractivity contribution is -0.134. The molecule has 8 heteroatoms. The Bertz CT molecular complexity index is 897. The van der Waals surface area contributed by atoms with Crippen molar-refractivity contribution >= 4 is 17.7 Å². The Morgan fingerprint density at radius 2 is 1.71 bits per heavy atom. The smallest absolute Gasteiger partial charge is 0.240 e. The van der Waals surface area contributed by atoms with E-state index < -0.39 is 5.25 Å². The molecule has 1 aliphatic rings. The topological polar surface area (TPSA) is 73.1 Å². The van der Waals surface area contributed by atoms with Crippen LogP contribution in [0.2, 0.25) is 0 Å². The molecule has 1 amide bonds. The minimum Gasteiger partial charge on any atom is -0.378 e. The van der Waals surface area contributed by atoms with E-state index >= 15 is 0 Å². The molecular formula is C20H21N5O2S. The number of carbonyl (C=O) groups is 1. The zero-order valence-corrected chi connectivity index (χ0v) is 16.2. The molecule has 1 unspecified atom stereocenters. The van der Waals surface area contributed by atoms with Crippen molar-refractivity contribution in [2.24, 2.45) is 0 Å². The molecule has 28 heavy (non-hydrogen) atoms. The summed E-state index contributed by atoms with van der Waals surface area (Å²) < 4.78 is 7.13. The van der Waals surface area contributed by atoms with Gasteiger partial charge in [-0.25, -0.2) is 4.68 Å². The van der Waals surface area contributed by atoms with Crippen molar-refractivity contribution in [3.63, 3.8) is 0 Å². The fourth-order valence-electron chi connectivity index (χ4n) is 3.08. The van der Waals surface area contributed by atoms with Gasteiger partial charge in [0.1, 0.15) is 5.25 Å².